The van der Waals surface area contributed by atoms with Crippen LogP contribution in [0.25, 0.3) is 0 Å². The van der Waals surface area contributed by atoms with E-state index in [4.69, 9.17) is 4.74 Å². The van der Waals surface area contributed by atoms with Crippen LogP contribution in [0.1, 0.15) is 41.3 Å². The van der Waals surface area contributed by atoms with Gasteiger partial charge < -0.3 is 10.1 Å². The molecule has 2 aromatic carbocycles. The van der Waals surface area contributed by atoms with Gasteiger partial charge >= 0.3 is 5.97 Å². The highest BCUT2D eigenvalue weighted by Crippen LogP contribution is 2.19. The van der Waals surface area contributed by atoms with Crippen molar-refractivity contribution in [3.8, 4) is 0 Å². The fourth-order valence-corrected chi connectivity index (χ4v) is 2.48. The van der Waals surface area contributed by atoms with E-state index in [0.717, 1.165) is 25.3 Å². The first kappa shape index (κ1) is 20.1. The number of rotatable bonds is 8. The predicted octanol–water partition coefficient (Wildman–Crippen LogP) is 4.04. The second-order valence-electron chi connectivity index (χ2n) is 6.18. The van der Waals surface area contributed by atoms with Gasteiger partial charge in [-0.3, -0.25) is 14.9 Å². The van der Waals surface area contributed by atoms with Crippen molar-refractivity contribution in [2.24, 2.45) is 0 Å². The summed E-state index contributed by atoms with van der Waals surface area (Å²) in [5, 5.41) is 13.6. The van der Waals surface area contributed by atoms with Crippen LogP contribution in [0.2, 0.25) is 0 Å². The molecule has 1 N–H and O–H groups in total. The number of hydrogen-bond donors (Lipinski definition) is 1. The van der Waals surface area contributed by atoms with Crippen LogP contribution < -0.4 is 5.32 Å². The Hall–Kier alpha value is -3.22. The molecule has 0 spiro atoms. The summed E-state index contributed by atoms with van der Waals surface area (Å²) in [6.45, 7) is 3.23. The number of nitrogens with zero attached hydrogens (tertiary/aromatic N) is 1. The maximum atomic E-state index is 12.0. The third kappa shape index (κ3) is 5.91. The molecule has 0 saturated heterocycles. The van der Waals surface area contributed by atoms with Crippen molar-refractivity contribution in [2.75, 3.05) is 11.9 Å². The molecule has 0 fully saturated rings. The molecule has 0 radical (unpaired) electrons. The molecule has 0 heterocycles. The predicted molar refractivity (Wildman–Crippen MR) is 102 cm³/mol. The third-order valence-electron chi connectivity index (χ3n) is 4.03. The fourth-order valence-electron chi connectivity index (χ4n) is 2.48. The quantitative estimate of drug-likeness (QED) is 0.429. The molecule has 0 aliphatic rings. The van der Waals surface area contributed by atoms with Gasteiger partial charge in [0, 0.05) is 17.3 Å². The number of nitro groups is 1. The van der Waals surface area contributed by atoms with E-state index < -0.39 is 23.4 Å². The number of nitro benzene ring substituents is 1. The van der Waals surface area contributed by atoms with E-state index in [-0.39, 0.29) is 11.3 Å². The fraction of sp³-hybridized carbons (Fsp3) is 0.300. The van der Waals surface area contributed by atoms with Crippen LogP contribution in [0.3, 0.4) is 0 Å². The molecular weight excluding hydrogens is 348 g/mol. The van der Waals surface area contributed by atoms with Crippen molar-refractivity contribution in [3.63, 3.8) is 0 Å². The molecule has 0 unspecified atom stereocenters. The number of unbranched alkanes of at least 4 members (excludes halogenated alkanes) is 1. The van der Waals surface area contributed by atoms with Crippen LogP contribution in [0, 0.1) is 17.0 Å². The maximum Gasteiger partial charge on any atom is 0.338 e. The highest BCUT2D eigenvalue weighted by atomic mass is 16.6. The standard InChI is InChI=1S/C20H22N2O5/c1-3-4-5-15-7-10-17(11-8-15)21-19(23)13-27-20(24)16-9-6-14(2)18(12-16)22(25)26/h6-12H,3-5,13H2,1-2H3,(H,21,23). The molecule has 0 atom stereocenters. The zero-order valence-corrected chi connectivity index (χ0v) is 15.4. The molecule has 0 bridgehead atoms. The topological polar surface area (TPSA) is 98.5 Å². The van der Waals surface area contributed by atoms with E-state index in [1.807, 2.05) is 12.1 Å². The Labute approximate surface area is 157 Å². The number of carbonyl (C=O) groups is 2. The minimum absolute atomic E-state index is 0.0281. The smallest absolute Gasteiger partial charge is 0.338 e. The Morgan fingerprint density at radius 2 is 1.85 bits per heavy atom. The minimum atomic E-state index is -0.789. The SMILES string of the molecule is CCCCc1ccc(NC(=O)COC(=O)c2ccc(C)c([N+](=O)[O-])c2)cc1. The lowest BCUT2D eigenvalue weighted by Gasteiger charge is -2.08. The van der Waals surface area contributed by atoms with Gasteiger partial charge in [-0.25, -0.2) is 4.79 Å². The van der Waals surface area contributed by atoms with Gasteiger partial charge in [0.1, 0.15) is 0 Å². The van der Waals surface area contributed by atoms with E-state index in [1.54, 1.807) is 19.1 Å². The molecule has 7 nitrogen and oxygen atoms in total. The van der Waals surface area contributed by atoms with Crippen LogP contribution in [0.5, 0.6) is 0 Å². The monoisotopic (exact) mass is 370 g/mol. The molecule has 0 aliphatic heterocycles. The van der Waals surface area contributed by atoms with Crippen molar-refractivity contribution in [2.45, 2.75) is 33.1 Å². The van der Waals surface area contributed by atoms with Crippen LogP contribution >= 0.6 is 0 Å². The molecule has 2 rings (SSSR count). The van der Waals surface area contributed by atoms with Gasteiger partial charge in [0.25, 0.3) is 11.6 Å². The Balaban J connectivity index is 1.89. The van der Waals surface area contributed by atoms with Crippen molar-refractivity contribution in [1.29, 1.82) is 0 Å². The second kappa shape index (κ2) is 9.47. The lowest BCUT2D eigenvalue weighted by atomic mass is 10.1. The van der Waals surface area contributed by atoms with Gasteiger partial charge in [-0.1, -0.05) is 31.5 Å². The summed E-state index contributed by atoms with van der Waals surface area (Å²) in [5.41, 5.74) is 2.11. The summed E-state index contributed by atoms with van der Waals surface area (Å²) < 4.78 is 4.94. The van der Waals surface area contributed by atoms with Gasteiger partial charge in [0.15, 0.2) is 6.61 Å². The van der Waals surface area contributed by atoms with Gasteiger partial charge in [-0.15, -0.1) is 0 Å². The van der Waals surface area contributed by atoms with Crippen LogP contribution in [0.15, 0.2) is 42.5 Å². The molecule has 0 saturated carbocycles. The Bertz CT molecular complexity index is 831. The average molecular weight is 370 g/mol. The number of ether oxygens (including phenoxy) is 1. The number of esters is 1. The average Bonchev–Trinajstić information content (AvgIpc) is 2.65. The van der Waals surface area contributed by atoms with Crippen molar-refractivity contribution < 1.29 is 19.2 Å². The van der Waals surface area contributed by atoms with Crippen molar-refractivity contribution >= 4 is 23.3 Å². The number of benzene rings is 2. The summed E-state index contributed by atoms with van der Waals surface area (Å²) >= 11 is 0. The number of hydrogen-bond acceptors (Lipinski definition) is 5. The zero-order chi connectivity index (χ0) is 19.8. The highest BCUT2D eigenvalue weighted by Gasteiger charge is 2.16. The second-order valence-corrected chi connectivity index (χ2v) is 6.18. The number of carbonyl (C=O) groups excluding carboxylic acids is 2. The molecule has 2 aromatic rings. The highest BCUT2D eigenvalue weighted by molar-refractivity contribution is 5.95. The van der Waals surface area contributed by atoms with E-state index in [9.17, 15) is 19.7 Å². The Morgan fingerprint density at radius 1 is 1.15 bits per heavy atom. The van der Waals surface area contributed by atoms with Crippen LogP contribution in [0.4, 0.5) is 11.4 Å². The minimum Gasteiger partial charge on any atom is -0.452 e. The number of amides is 1. The first-order chi connectivity index (χ1) is 12.9. The van der Waals surface area contributed by atoms with Crippen LogP contribution in [-0.4, -0.2) is 23.4 Å². The lowest BCUT2D eigenvalue weighted by molar-refractivity contribution is -0.385. The van der Waals surface area contributed by atoms with E-state index in [0.29, 0.717) is 11.3 Å². The molecule has 1 amide bonds. The number of aryl methyl sites for hydroxylation is 2. The first-order valence-electron chi connectivity index (χ1n) is 8.71. The number of nitrogens with one attached hydrogen (secondary N) is 1. The largest absolute Gasteiger partial charge is 0.452 e. The van der Waals surface area contributed by atoms with Gasteiger partial charge in [-0.05, 0) is 43.5 Å². The zero-order valence-electron chi connectivity index (χ0n) is 15.4. The molecular formula is C20H22N2O5. The molecule has 27 heavy (non-hydrogen) atoms. The van der Waals surface area contributed by atoms with E-state index >= 15 is 0 Å². The molecule has 0 aliphatic carbocycles. The summed E-state index contributed by atoms with van der Waals surface area (Å²) in [7, 11) is 0. The van der Waals surface area contributed by atoms with Gasteiger partial charge in [0.05, 0.1) is 10.5 Å². The molecule has 0 aromatic heterocycles. The summed E-state index contributed by atoms with van der Waals surface area (Å²) in [6.07, 6.45) is 3.22. The summed E-state index contributed by atoms with van der Waals surface area (Å²) in [5.74, 6) is -1.27. The summed E-state index contributed by atoms with van der Waals surface area (Å²) in [6, 6.07) is 11.5. The Kier molecular flexibility index (Phi) is 7.05. The first-order valence-corrected chi connectivity index (χ1v) is 8.71. The molecule has 7 heteroatoms. The Morgan fingerprint density at radius 3 is 2.48 bits per heavy atom. The van der Waals surface area contributed by atoms with Crippen molar-refractivity contribution in [1.82, 2.24) is 0 Å². The lowest BCUT2D eigenvalue weighted by Crippen LogP contribution is -2.21. The number of anilines is 1. The van der Waals surface area contributed by atoms with E-state index in [2.05, 4.69) is 12.2 Å². The van der Waals surface area contributed by atoms with Crippen LogP contribution in [-0.2, 0) is 16.0 Å². The third-order valence-corrected chi connectivity index (χ3v) is 4.03. The van der Waals surface area contributed by atoms with Gasteiger partial charge in [-0.2, -0.15) is 0 Å². The van der Waals surface area contributed by atoms with Crippen molar-refractivity contribution in [3.05, 3.63) is 69.3 Å². The maximum absolute atomic E-state index is 12.0. The molecule has 142 valence electrons. The summed E-state index contributed by atoms with van der Waals surface area (Å²) in [4.78, 5) is 34.3. The van der Waals surface area contributed by atoms with Gasteiger partial charge in [0.2, 0.25) is 0 Å². The normalized spacial score (nSPS) is 10.3. The van der Waals surface area contributed by atoms with E-state index in [1.165, 1.54) is 17.7 Å².